The number of hydrogen-bond acceptors (Lipinski definition) is 3. The lowest BCUT2D eigenvalue weighted by Gasteiger charge is -2.23. The molecule has 1 heterocycles. The highest BCUT2D eigenvalue weighted by Gasteiger charge is 2.38. The molecule has 1 atom stereocenters. The van der Waals surface area contributed by atoms with Gasteiger partial charge in [0.1, 0.15) is 0 Å². The zero-order valence-corrected chi connectivity index (χ0v) is 19.7. The number of nitrogens with zero attached hydrogens (tertiary/aromatic N) is 1. The highest BCUT2D eigenvalue weighted by atomic mass is 79.9. The Kier molecular flexibility index (Phi) is 12.3. The van der Waals surface area contributed by atoms with Crippen molar-refractivity contribution in [3.8, 4) is 0 Å². The molecule has 29 heavy (non-hydrogen) atoms. The second kappa shape index (κ2) is 14.2. The number of ether oxygens (including phenoxy) is 1. The number of imide groups is 1. The molecule has 1 saturated heterocycles. The number of halogens is 1. The number of carbonyl (C=O) groups excluding carboxylic acids is 2. The monoisotopic (exact) mass is 463 g/mol. The topological polar surface area (TPSA) is 46.6 Å². The number of benzene rings is 1. The van der Waals surface area contributed by atoms with Crippen molar-refractivity contribution in [1.82, 2.24) is 4.90 Å². The first kappa shape index (κ1) is 25.2. The summed E-state index contributed by atoms with van der Waals surface area (Å²) in [6, 6.07) is 7.97. The van der Waals surface area contributed by atoms with Gasteiger partial charge in [-0.1, -0.05) is 80.4 Å². The van der Waals surface area contributed by atoms with Crippen LogP contribution in [0.25, 0.3) is 0 Å². The summed E-state index contributed by atoms with van der Waals surface area (Å²) in [7, 11) is 0. The molecule has 1 aromatic carbocycles. The minimum atomic E-state index is -0.515. The van der Waals surface area contributed by atoms with Gasteiger partial charge >= 0.3 is 6.09 Å². The van der Waals surface area contributed by atoms with E-state index in [0.717, 1.165) is 35.7 Å². The number of amides is 2. The molecule has 1 aromatic rings. The summed E-state index contributed by atoms with van der Waals surface area (Å²) >= 11 is 3.44. The summed E-state index contributed by atoms with van der Waals surface area (Å²) < 4.78 is 6.35. The summed E-state index contributed by atoms with van der Waals surface area (Å²) in [5.41, 5.74) is 2.22. The number of allylic oxidation sites excluding steroid dienone is 2. The Balaban J connectivity index is 0.00000204. The Hall–Kier alpha value is -1.88. The minimum absolute atomic E-state index is 0.148. The molecule has 2 rings (SSSR count). The van der Waals surface area contributed by atoms with Crippen molar-refractivity contribution >= 4 is 27.9 Å². The fraction of sp³-hybridized carbons (Fsp3) is 0.500. The second-order valence-electron chi connectivity index (χ2n) is 6.63. The molecule has 1 aliphatic rings. The molecule has 0 aromatic heterocycles. The molecule has 0 aliphatic carbocycles. The molecule has 1 aliphatic heterocycles. The summed E-state index contributed by atoms with van der Waals surface area (Å²) in [5, 5.41) is 0. The van der Waals surface area contributed by atoms with E-state index >= 15 is 0 Å². The average molecular weight is 464 g/mol. The van der Waals surface area contributed by atoms with Crippen LogP contribution in [0.3, 0.4) is 0 Å². The van der Waals surface area contributed by atoms with Gasteiger partial charge in [-0.2, -0.15) is 0 Å². The van der Waals surface area contributed by atoms with Gasteiger partial charge in [-0.05, 0) is 49.0 Å². The van der Waals surface area contributed by atoms with E-state index < -0.39 is 6.09 Å². The van der Waals surface area contributed by atoms with E-state index in [1.54, 1.807) is 0 Å². The largest absolute Gasteiger partial charge is 0.449 e. The highest BCUT2D eigenvalue weighted by Crippen LogP contribution is 2.27. The lowest BCUT2D eigenvalue weighted by atomic mass is 10.0. The quantitative estimate of drug-likeness (QED) is 0.313. The van der Waals surface area contributed by atoms with E-state index in [2.05, 4.69) is 47.1 Å². The van der Waals surface area contributed by atoms with Crippen LogP contribution in [-0.2, 0) is 16.0 Å². The SMILES string of the molecule is CC.CC/C=C(\C=C/Cc1ccc(Br)cc1)C1CCC(=O)N1C(=O)OCCCC. The van der Waals surface area contributed by atoms with Crippen LogP contribution in [0.5, 0.6) is 0 Å². The molecule has 4 nitrogen and oxygen atoms in total. The second-order valence-corrected chi connectivity index (χ2v) is 7.55. The molecule has 0 radical (unpaired) electrons. The van der Waals surface area contributed by atoms with Crippen molar-refractivity contribution in [3.63, 3.8) is 0 Å². The van der Waals surface area contributed by atoms with E-state index in [1.165, 1.54) is 10.5 Å². The lowest BCUT2D eigenvalue weighted by molar-refractivity contribution is -0.126. The van der Waals surface area contributed by atoms with Crippen molar-refractivity contribution in [2.24, 2.45) is 0 Å². The maximum Gasteiger partial charge on any atom is 0.417 e. The van der Waals surface area contributed by atoms with Crippen LogP contribution in [0.1, 0.15) is 65.4 Å². The molecule has 0 N–H and O–H groups in total. The van der Waals surface area contributed by atoms with Gasteiger partial charge in [-0.3, -0.25) is 4.79 Å². The van der Waals surface area contributed by atoms with Crippen molar-refractivity contribution in [1.29, 1.82) is 0 Å². The van der Waals surface area contributed by atoms with Crippen LogP contribution < -0.4 is 0 Å². The van der Waals surface area contributed by atoms with Gasteiger partial charge in [0.25, 0.3) is 0 Å². The van der Waals surface area contributed by atoms with Crippen molar-refractivity contribution < 1.29 is 14.3 Å². The van der Waals surface area contributed by atoms with E-state index in [4.69, 9.17) is 4.74 Å². The summed E-state index contributed by atoms with van der Waals surface area (Å²) in [6.45, 7) is 8.46. The van der Waals surface area contributed by atoms with Gasteiger partial charge in [0, 0.05) is 10.9 Å². The standard InChI is InChI=1S/C22H28BrNO3.C2H6/c1-3-5-16-27-22(26)24-20(14-15-21(24)25)18(7-4-2)9-6-8-17-10-12-19(23)13-11-17;1-2/h6-7,9-13,20H,3-5,8,14-16H2,1-2H3;1-2H3/b9-6-,18-7+;. The summed E-state index contributed by atoms with van der Waals surface area (Å²) in [5.74, 6) is -0.148. The highest BCUT2D eigenvalue weighted by molar-refractivity contribution is 9.10. The van der Waals surface area contributed by atoms with E-state index in [9.17, 15) is 9.59 Å². The average Bonchev–Trinajstić information content (AvgIpc) is 3.12. The predicted molar refractivity (Wildman–Crippen MR) is 123 cm³/mol. The van der Waals surface area contributed by atoms with Gasteiger partial charge in [0.2, 0.25) is 5.91 Å². The molecule has 160 valence electrons. The van der Waals surface area contributed by atoms with Crippen LogP contribution in [0, 0.1) is 0 Å². The fourth-order valence-corrected chi connectivity index (χ4v) is 3.37. The first-order chi connectivity index (χ1) is 14.1. The third kappa shape index (κ3) is 8.17. The first-order valence-corrected chi connectivity index (χ1v) is 11.5. The number of carbonyl (C=O) groups is 2. The number of hydrogen-bond donors (Lipinski definition) is 0. The Morgan fingerprint density at radius 1 is 1.24 bits per heavy atom. The van der Waals surface area contributed by atoms with Crippen LogP contribution >= 0.6 is 15.9 Å². The van der Waals surface area contributed by atoms with E-state index in [0.29, 0.717) is 19.4 Å². The van der Waals surface area contributed by atoms with Gasteiger partial charge < -0.3 is 4.74 Å². The van der Waals surface area contributed by atoms with Crippen LogP contribution in [-0.4, -0.2) is 29.5 Å². The zero-order chi connectivity index (χ0) is 21.6. The molecule has 1 fully saturated rings. The van der Waals surface area contributed by atoms with Crippen molar-refractivity contribution in [3.05, 3.63) is 58.1 Å². The van der Waals surface area contributed by atoms with Crippen LogP contribution in [0.2, 0.25) is 0 Å². The predicted octanol–water partition coefficient (Wildman–Crippen LogP) is 6.84. The number of rotatable bonds is 8. The molecule has 2 amide bonds. The zero-order valence-electron chi connectivity index (χ0n) is 18.1. The molecule has 1 unspecified atom stereocenters. The van der Waals surface area contributed by atoms with E-state index in [-0.39, 0.29) is 11.9 Å². The van der Waals surface area contributed by atoms with E-state index in [1.807, 2.05) is 39.0 Å². The molecule has 5 heteroatoms. The third-order valence-corrected chi connectivity index (χ3v) is 5.06. The lowest BCUT2D eigenvalue weighted by Crippen LogP contribution is -2.40. The molecule has 0 spiro atoms. The smallest absolute Gasteiger partial charge is 0.417 e. The number of unbranched alkanes of at least 4 members (excludes halogenated alkanes) is 1. The van der Waals surface area contributed by atoms with Crippen LogP contribution in [0.15, 0.2) is 52.5 Å². The van der Waals surface area contributed by atoms with Crippen LogP contribution in [0.4, 0.5) is 4.79 Å². The maximum atomic E-state index is 12.4. The van der Waals surface area contributed by atoms with Gasteiger partial charge in [-0.25, -0.2) is 9.69 Å². The number of likely N-dealkylation sites (tertiary alicyclic amines) is 1. The van der Waals surface area contributed by atoms with Crippen molar-refractivity contribution in [2.45, 2.75) is 72.3 Å². The fourth-order valence-electron chi connectivity index (χ4n) is 3.10. The van der Waals surface area contributed by atoms with Crippen molar-refractivity contribution in [2.75, 3.05) is 6.61 Å². The normalized spacial score (nSPS) is 16.7. The molecule has 0 bridgehead atoms. The first-order valence-electron chi connectivity index (χ1n) is 10.7. The molecule has 0 saturated carbocycles. The molecular formula is C24H34BrNO3. The van der Waals surface area contributed by atoms with Gasteiger partial charge in [0.15, 0.2) is 0 Å². The Morgan fingerprint density at radius 2 is 1.93 bits per heavy atom. The summed E-state index contributed by atoms with van der Waals surface area (Å²) in [6.07, 6.45) is 10.2. The third-order valence-electron chi connectivity index (χ3n) is 4.53. The van der Waals surface area contributed by atoms with Gasteiger partial charge in [0.05, 0.1) is 12.6 Å². The molecular weight excluding hydrogens is 430 g/mol. The minimum Gasteiger partial charge on any atom is -0.449 e. The van der Waals surface area contributed by atoms with Gasteiger partial charge in [-0.15, -0.1) is 0 Å². The summed E-state index contributed by atoms with van der Waals surface area (Å²) in [4.78, 5) is 26.0. The Labute approximate surface area is 184 Å². The Morgan fingerprint density at radius 3 is 2.55 bits per heavy atom. The Bertz CT molecular complexity index is 695. The maximum absolute atomic E-state index is 12.4.